The van der Waals surface area contributed by atoms with Crippen LogP contribution in [-0.4, -0.2) is 51.4 Å². The molecular weight excluding hydrogens is 344 g/mol. The van der Waals surface area contributed by atoms with E-state index in [1.54, 1.807) is 10.9 Å². The Bertz CT molecular complexity index is 969. The zero-order chi connectivity index (χ0) is 18.2. The number of hydrogen-bond donors (Lipinski definition) is 1. The van der Waals surface area contributed by atoms with Gasteiger partial charge in [-0.05, 0) is 18.2 Å². The Kier molecular flexibility index (Phi) is 3.99. The lowest BCUT2D eigenvalue weighted by molar-refractivity contribution is 0.0592. The number of aromatic nitrogens is 3. The van der Waals surface area contributed by atoms with Crippen molar-refractivity contribution in [2.75, 3.05) is 19.7 Å². The summed E-state index contributed by atoms with van der Waals surface area (Å²) in [5, 5.41) is 5.38. The first-order valence-electron chi connectivity index (χ1n) is 9.50. The van der Waals surface area contributed by atoms with Crippen LogP contribution in [0.1, 0.15) is 29.6 Å². The van der Waals surface area contributed by atoms with Crippen molar-refractivity contribution in [2.45, 2.75) is 31.9 Å². The SMILES string of the molecule is O=C(c1cnn2c1OCCC2)N1CCC(Oc2cccc3[nH]ccc23)CC1. The summed E-state index contributed by atoms with van der Waals surface area (Å²) in [6.45, 7) is 2.81. The van der Waals surface area contributed by atoms with Gasteiger partial charge in [-0.3, -0.25) is 4.79 Å². The molecule has 0 aliphatic carbocycles. The van der Waals surface area contributed by atoms with Crippen LogP contribution in [0, 0.1) is 0 Å². The monoisotopic (exact) mass is 366 g/mol. The van der Waals surface area contributed by atoms with E-state index in [4.69, 9.17) is 9.47 Å². The number of H-pyrrole nitrogens is 1. The molecule has 1 fully saturated rings. The Morgan fingerprint density at radius 2 is 2.11 bits per heavy atom. The van der Waals surface area contributed by atoms with Crippen molar-refractivity contribution in [2.24, 2.45) is 0 Å². The summed E-state index contributed by atoms with van der Waals surface area (Å²) in [4.78, 5) is 18.0. The molecule has 0 unspecified atom stereocenters. The molecule has 3 aromatic rings. The second kappa shape index (κ2) is 6.64. The van der Waals surface area contributed by atoms with Crippen LogP contribution in [0.3, 0.4) is 0 Å². The highest BCUT2D eigenvalue weighted by Gasteiger charge is 2.29. The molecule has 2 aliphatic rings. The number of fused-ring (bicyclic) bond motifs is 2. The average Bonchev–Trinajstić information content (AvgIpc) is 3.36. The first-order chi connectivity index (χ1) is 13.3. The van der Waals surface area contributed by atoms with E-state index in [0.717, 1.165) is 42.5 Å². The van der Waals surface area contributed by atoms with Gasteiger partial charge in [-0.2, -0.15) is 5.10 Å². The molecule has 0 saturated carbocycles. The van der Waals surface area contributed by atoms with E-state index >= 15 is 0 Å². The lowest BCUT2D eigenvalue weighted by Gasteiger charge is -2.32. The average molecular weight is 366 g/mol. The third-order valence-corrected chi connectivity index (χ3v) is 5.35. The van der Waals surface area contributed by atoms with Crippen molar-refractivity contribution < 1.29 is 14.3 Å². The third-order valence-electron chi connectivity index (χ3n) is 5.35. The van der Waals surface area contributed by atoms with Crippen LogP contribution in [0.5, 0.6) is 11.6 Å². The van der Waals surface area contributed by atoms with Crippen molar-refractivity contribution >= 4 is 16.8 Å². The normalized spacial score (nSPS) is 17.6. The number of ether oxygens (including phenoxy) is 2. The van der Waals surface area contributed by atoms with Crippen molar-refractivity contribution in [3.05, 3.63) is 42.2 Å². The molecule has 1 saturated heterocycles. The van der Waals surface area contributed by atoms with E-state index < -0.39 is 0 Å². The van der Waals surface area contributed by atoms with Gasteiger partial charge in [0.05, 0.1) is 12.8 Å². The van der Waals surface area contributed by atoms with Gasteiger partial charge in [0.25, 0.3) is 5.91 Å². The van der Waals surface area contributed by atoms with Crippen LogP contribution in [0.25, 0.3) is 10.9 Å². The number of likely N-dealkylation sites (tertiary alicyclic amines) is 1. The standard InChI is InChI=1S/C20H22N4O3/c25-19(16-13-22-24-9-2-12-26-20(16)24)23-10-6-14(7-11-23)27-18-4-1-3-17-15(18)5-8-21-17/h1,3-5,8,13-14,21H,2,6-7,9-12H2. The van der Waals surface area contributed by atoms with E-state index in [1.807, 2.05) is 35.4 Å². The molecule has 0 radical (unpaired) electrons. The molecule has 2 aliphatic heterocycles. The fourth-order valence-corrected chi connectivity index (χ4v) is 3.90. The van der Waals surface area contributed by atoms with Gasteiger partial charge < -0.3 is 19.4 Å². The smallest absolute Gasteiger partial charge is 0.260 e. The van der Waals surface area contributed by atoms with Crippen LogP contribution in [-0.2, 0) is 6.54 Å². The summed E-state index contributed by atoms with van der Waals surface area (Å²) < 4.78 is 13.7. The molecule has 0 atom stereocenters. The number of hydrogen-bond acceptors (Lipinski definition) is 4. The van der Waals surface area contributed by atoms with Crippen molar-refractivity contribution in [3.63, 3.8) is 0 Å². The Labute approximate surface area is 156 Å². The summed E-state index contributed by atoms with van der Waals surface area (Å²) in [5.41, 5.74) is 1.65. The van der Waals surface area contributed by atoms with Crippen LogP contribution in [0.15, 0.2) is 36.7 Å². The van der Waals surface area contributed by atoms with E-state index in [0.29, 0.717) is 31.1 Å². The van der Waals surface area contributed by atoms with Gasteiger partial charge in [0.1, 0.15) is 17.4 Å². The molecule has 7 heteroatoms. The summed E-state index contributed by atoms with van der Waals surface area (Å²) >= 11 is 0. The van der Waals surface area contributed by atoms with E-state index in [2.05, 4.69) is 10.1 Å². The van der Waals surface area contributed by atoms with Crippen LogP contribution in [0.4, 0.5) is 0 Å². The zero-order valence-electron chi connectivity index (χ0n) is 15.1. The third kappa shape index (κ3) is 2.93. The number of aromatic amines is 1. The lowest BCUT2D eigenvalue weighted by atomic mass is 10.1. The van der Waals surface area contributed by atoms with Crippen molar-refractivity contribution in [1.29, 1.82) is 0 Å². The summed E-state index contributed by atoms with van der Waals surface area (Å²) in [6, 6.07) is 8.07. The maximum atomic E-state index is 12.9. The van der Waals surface area contributed by atoms with Crippen LogP contribution >= 0.6 is 0 Å². The van der Waals surface area contributed by atoms with Gasteiger partial charge in [-0.25, -0.2) is 4.68 Å². The van der Waals surface area contributed by atoms with Gasteiger partial charge in [0, 0.05) is 56.0 Å². The molecule has 0 bridgehead atoms. The predicted molar refractivity (Wildman–Crippen MR) is 100 cm³/mol. The topological polar surface area (TPSA) is 72.4 Å². The molecule has 140 valence electrons. The minimum atomic E-state index is 0.00401. The predicted octanol–water partition coefficient (Wildman–Crippen LogP) is 2.83. The molecule has 7 nitrogen and oxygen atoms in total. The summed E-state index contributed by atoms with van der Waals surface area (Å²) in [5.74, 6) is 1.52. The Morgan fingerprint density at radius 1 is 1.22 bits per heavy atom. The highest BCUT2D eigenvalue weighted by Crippen LogP contribution is 2.29. The molecule has 4 heterocycles. The molecule has 5 rings (SSSR count). The molecule has 2 aromatic heterocycles. The van der Waals surface area contributed by atoms with Crippen LogP contribution in [0.2, 0.25) is 0 Å². The second-order valence-corrected chi connectivity index (χ2v) is 7.09. The minimum absolute atomic E-state index is 0.00401. The quantitative estimate of drug-likeness (QED) is 0.774. The minimum Gasteiger partial charge on any atom is -0.490 e. The highest BCUT2D eigenvalue weighted by molar-refractivity contribution is 5.96. The van der Waals surface area contributed by atoms with Crippen molar-refractivity contribution in [1.82, 2.24) is 19.7 Å². The first kappa shape index (κ1) is 16.2. The lowest BCUT2D eigenvalue weighted by Crippen LogP contribution is -2.41. The molecule has 0 spiro atoms. The number of aryl methyl sites for hydroxylation is 1. The molecule has 1 aromatic carbocycles. The maximum absolute atomic E-state index is 12.9. The molecular formula is C20H22N4O3. The number of carbonyl (C=O) groups excluding carboxylic acids is 1. The van der Waals surface area contributed by atoms with E-state index in [1.165, 1.54) is 0 Å². The number of nitrogens with zero attached hydrogens (tertiary/aromatic N) is 3. The number of amides is 1. The Hall–Kier alpha value is -2.96. The number of carbonyl (C=O) groups is 1. The molecule has 1 N–H and O–H groups in total. The summed E-state index contributed by atoms with van der Waals surface area (Å²) in [6.07, 6.45) is 6.24. The highest BCUT2D eigenvalue weighted by atomic mass is 16.5. The molecule has 27 heavy (non-hydrogen) atoms. The van der Waals surface area contributed by atoms with Crippen LogP contribution < -0.4 is 9.47 Å². The van der Waals surface area contributed by atoms with Gasteiger partial charge >= 0.3 is 0 Å². The fraction of sp³-hybridized carbons (Fsp3) is 0.400. The summed E-state index contributed by atoms with van der Waals surface area (Å²) in [7, 11) is 0. The molecule has 1 amide bonds. The fourth-order valence-electron chi connectivity index (χ4n) is 3.90. The largest absolute Gasteiger partial charge is 0.490 e. The zero-order valence-corrected chi connectivity index (χ0v) is 15.1. The van der Waals surface area contributed by atoms with Gasteiger partial charge in [-0.1, -0.05) is 6.07 Å². The van der Waals surface area contributed by atoms with E-state index in [9.17, 15) is 4.79 Å². The van der Waals surface area contributed by atoms with Gasteiger partial charge in [0.2, 0.25) is 5.88 Å². The van der Waals surface area contributed by atoms with E-state index in [-0.39, 0.29) is 12.0 Å². The van der Waals surface area contributed by atoms with Crippen molar-refractivity contribution in [3.8, 4) is 11.6 Å². The number of nitrogens with one attached hydrogen (secondary N) is 1. The van der Waals surface area contributed by atoms with Gasteiger partial charge in [0.15, 0.2) is 0 Å². The van der Waals surface area contributed by atoms with Gasteiger partial charge in [-0.15, -0.1) is 0 Å². The number of piperidine rings is 1. The second-order valence-electron chi connectivity index (χ2n) is 7.09. The number of benzene rings is 1. The Morgan fingerprint density at radius 3 is 3.00 bits per heavy atom. The number of rotatable bonds is 3. The Balaban J connectivity index is 1.24. The maximum Gasteiger partial charge on any atom is 0.260 e. The first-order valence-corrected chi connectivity index (χ1v) is 9.50.